The van der Waals surface area contributed by atoms with Gasteiger partial charge in [0.25, 0.3) is 0 Å². The standard InChI is InChI=1S/C14H19IN2/c1-17-13-6-7-14(17)9-12(8-13)16-11-4-2-10(15)3-5-11/h2-5,12-14,16H,6-9H2,1H3. The van der Waals surface area contributed by atoms with Gasteiger partial charge in [0.2, 0.25) is 0 Å². The lowest BCUT2D eigenvalue weighted by molar-refractivity contribution is 0.169. The second-order valence-corrected chi connectivity index (χ2v) is 6.62. The predicted molar refractivity (Wildman–Crippen MR) is 80.4 cm³/mol. The molecule has 3 rings (SSSR count). The monoisotopic (exact) mass is 342 g/mol. The van der Waals surface area contributed by atoms with Crippen molar-refractivity contribution in [1.29, 1.82) is 0 Å². The minimum atomic E-state index is 0.670. The van der Waals surface area contributed by atoms with Gasteiger partial charge in [0, 0.05) is 27.4 Å². The summed E-state index contributed by atoms with van der Waals surface area (Å²) in [7, 11) is 2.30. The van der Waals surface area contributed by atoms with E-state index in [2.05, 4.69) is 64.1 Å². The predicted octanol–water partition coefficient (Wildman–Crippen LogP) is 3.33. The maximum Gasteiger partial charge on any atom is 0.0343 e. The Hall–Kier alpha value is -0.290. The molecular weight excluding hydrogens is 323 g/mol. The number of hydrogen-bond acceptors (Lipinski definition) is 2. The summed E-state index contributed by atoms with van der Waals surface area (Å²) in [5.74, 6) is 0. The number of halogens is 1. The van der Waals surface area contributed by atoms with Crippen LogP contribution in [0.2, 0.25) is 0 Å². The van der Waals surface area contributed by atoms with Crippen LogP contribution >= 0.6 is 22.6 Å². The third-order valence-corrected chi connectivity index (χ3v) is 5.03. The molecule has 0 aromatic heterocycles. The second kappa shape index (κ2) is 4.76. The zero-order chi connectivity index (χ0) is 11.8. The fourth-order valence-corrected chi connectivity index (χ4v) is 3.67. The number of nitrogens with one attached hydrogen (secondary N) is 1. The van der Waals surface area contributed by atoms with Crippen LogP contribution in [-0.4, -0.2) is 30.1 Å². The van der Waals surface area contributed by atoms with Crippen LogP contribution in [0.5, 0.6) is 0 Å². The highest BCUT2D eigenvalue weighted by Gasteiger charge is 2.38. The number of anilines is 1. The van der Waals surface area contributed by atoms with Crippen molar-refractivity contribution in [3.05, 3.63) is 27.8 Å². The maximum absolute atomic E-state index is 3.70. The van der Waals surface area contributed by atoms with Gasteiger partial charge >= 0.3 is 0 Å². The van der Waals surface area contributed by atoms with Crippen molar-refractivity contribution in [3.8, 4) is 0 Å². The van der Waals surface area contributed by atoms with Crippen LogP contribution < -0.4 is 5.32 Å². The van der Waals surface area contributed by atoms with Gasteiger partial charge in [-0.2, -0.15) is 0 Å². The second-order valence-electron chi connectivity index (χ2n) is 5.37. The van der Waals surface area contributed by atoms with Crippen LogP contribution in [0.4, 0.5) is 5.69 Å². The molecule has 17 heavy (non-hydrogen) atoms. The van der Waals surface area contributed by atoms with Gasteiger partial charge in [-0.25, -0.2) is 0 Å². The summed E-state index contributed by atoms with van der Waals surface area (Å²) in [5.41, 5.74) is 1.28. The Morgan fingerprint density at radius 3 is 2.29 bits per heavy atom. The minimum absolute atomic E-state index is 0.670. The van der Waals surface area contributed by atoms with E-state index in [9.17, 15) is 0 Å². The zero-order valence-corrected chi connectivity index (χ0v) is 12.4. The van der Waals surface area contributed by atoms with Crippen molar-refractivity contribution in [2.75, 3.05) is 12.4 Å². The molecule has 0 spiro atoms. The van der Waals surface area contributed by atoms with E-state index in [0.717, 1.165) is 12.1 Å². The van der Waals surface area contributed by atoms with E-state index in [4.69, 9.17) is 0 Å². The van der Waals surface area contributed by atoms with E-state index in [1.807, 2.05) is 0 Å². The molecule has 0 aliphatic carbocycles. The Labute approximate surface area is 117 Å². The molecule has 2 atom stereocenters. The van der Waals surface area contributed by atoms with E-state index in [1.54, 1.807) is 0 Å². The molecule has 0 radical (unpaired) electrons. The molecule has 1 aromatic rings. The molecule has 2 heterocycles. The smallest absolute Gasteiger partial charge is 0.0343 e. The van der Waals surface area contributed by atoms with Gasteiger partial charge in [0.1, 0.15) is 0 Å². The topological polar surface area (TPSA) is 15.3 Å². The van der Waals surface area contributed by atoms with Gasteiger partial charge in [-0.15, -0.1) is 0 Å². The molecule has 2 unspecified atom stereocenters. The summed E-state index contributed by atoms with van der Waals surface area (Å²) >= 11 is 2.35. The summed E-state index contributed by atoms with van der Waals surface area (Å²) in [4.78, 5) is 2.59. The highest BCUT2D eigenvalue weighted by Crippen LogP contribution is 2.35. The average molecular weight is 342 g/mol. The van der Waals surface area contributed by atoms with Crippen molar-refractivity contribution >= 4 is 28.3 Å². The first-order valence-electron chi connectivity index (χ1n) is 6.46. The number of benzene rings is 1. The van der Waals surface area contributed by atoms with E-state index in [1.165, 1.54) is 34.9 Å². The maximum atomic E-state index is 3.70. The number of nitrogens with zero attached hydrogens (tertiary/aromatic N) is 1. The van der Waals surface area contributed by atoms with Crippen LogP contribution in [0.3, 0.4) is 0 Å². The third kappa shape index (κ3) is 2.45. The van der Waals surface area contributed by atoms with Crippen molar-refractivity contribution in [2.24, 2.45) is 0 Å². The van der Waals surface area contributed by atoms with E-state index in [0.29, 0.717) is 6.04 Å². The van der Waals surface area contributed by atoms with Crippen molar-refractivity contribution in [2.45, 2.75) is 43.8 Å². The van der Waals surface area contributed by atoms with Gasteiger partial charge in [0.05, 0.1) is 0 Å². The SMILES string of the molecule is CN1C2CCC1CC(Nc1ccc(I)cc1)C2. The Morgan fingerprint density at radius 2 is 1.71 bits per heavy atom. The molecule has 2 nitrogen and oxygen atoms in total. The van der Waals surface area contributed by atoms with E-state index >= 15 is 0 Å². The summed E-state index contributed by atoms with van der Waals surface area (Å²) in [5, 5.41) is 3.70. The van der Waals surface area contributed by atoms with Crippen LogP contribution in [-0.2, 0) is 0 Å². The summed E-state index contributed by atoms with van der Waals surface area (Å²) in [6, 6.07) is 11.0. The van der Waals surface area contributed by atoms with Crippen molar-refractivity contribution in [3.63, 3.8) is 0 Å². The lowest BCUT2D eigenvalue weighted by atomic mass is 9.98. The molecule has 2 bridgehead atoms. The molecule has 2 aliphatic heterocycles. The number of piperidine rings is 1. The number of rotatable bonds is 2. The van der Waals surface area contributed by atoms with Crippen LogP contribution in [0, 0.1) is 3.57 Å². The van der Waals surface area contributed by atoms with E-state index in [-0.39, 0.29) is 0 Å². The molecule has 1 aromatic carbocycles. The zero-order valence-electron chi connectivity index (χ0n) is 10.2. The summed E-state index contributed by atoms with van der Waals surface area (Å²) in [6.07, 6.45) is 5.40. The first-order valence-corrected chi connectivity index (χ1v) is 7.54. The van der Waals surface area contributed by atoms with Crippen molar-refractivity contribution in [1.82, 2.24) is 4.90 Å². The fraction of sp³-hybridized carbons (Fsp3) is 0.571. The summed E-state index contributed by atoms with van der Waals surface area (Å²) in [6.45, 7) is 0. The minimum Gasteiger partial charge on any atom is -0.382 e. The molecule has 2 fully saturated rings. The first kappa shape index (κ1) is 11.8. The lowest BCUT2D eigenvalue weighted by Crippen LogP contribution is -2.44. The molecule has 3 heteroatoms. The molecule has 1 N–H and O–H groups in total. The first-order chi connectivity index (χ1) is 8.22. The third-order valence-electron chi connectivity index (χ3n) is 4.31. The highest BCUT2D eigenvalue weighted by atomic mass is 127. The van der Waals surface area contributed by atoms with Gasteiger partial charge in [-0.1, -0.05) is 0 Å². The van der Waals surface area contributed by atoms with Crippen LogP contribution in [0.1, 0.15) is 25.7 Å². The molecule has 2 saturated heterocycles. The molecular formula is C14H19IN2. The molecule has 2 aliphatic rings. The van der Waals surface area contributed by atoms with Crippen LogP contribution in [0.15, 0.2) is 24.3 Å². The van der Waals surface area contributed by atoms with Crippen LogP contribution in [0.25, 0.3) is 0 Å². The Morgan fingerprint density at radius 1 is 1.12 bits per heavy atom. The van der Waals surface area contributed by atoms with Gasteiger partial charge < -0.3 is 10.2 Å². The quantitative estimate of drug-likeness (QED) is 0.830. The normalized spacial score (nSPS) is 32.7. The molecule has 92 valence electrons. The Bertz CT molecular complexity index is 376. The van der Waals surface area contributed by atoms with Gasteiger partial charge in [-0.3, -0.25) is 0 Å². The fourth-order valence-electron chi connectivity index (χ4n) is 3.31. The average Bonchev–Trinajstić information content (AvgIpc) is 2.55. The lowest BCUT2D eigenvalue weighted by Gasteiger charge is -2.37. The Kier molecular flexibility index (Phi) is 3.30. The molecule has 0 amide bonds. The molecule has 0 saturated carbocycles. The largest absolute Gasteiger partial charge is 0.382 e. The van der Waals surface area contributed by atoms with Gasteiger partial charge in [-0.05, 0) is 79.6 Å². The van der Waals surface area contributed by atoms with E-state index < -0.39 is 0 Å². The number of hydrogen-bond donors (Lipinski definition) is 1. The number of fused-ring (bicyclic) bond motifs is 2. The Balaban J connectivity index is 1.65. The van der Waals surface area contributed by atoms with Gasteiger partial charge in [0.15, 0.2) is 0 Å². The summed E-state index contributed by atoms with van der Waals surface area (Å²) < 4.78 is 1.30. The highest BCUT2D eigenvalue weighted by molar-refractivity contribution is 14.1. The van der Waals surface area contributed by atoms with Crippen molar-refractivity contribution < 1.29 is 0 Å².